The lowest BCUT2D eigenvalue weighted by molar-refractivity contribution is -0.150. The SMILES string of the molecule is CCOC(=O)C(C)(CC(C)SC1CCCCC1)NC. The molecule has 0 amide bonds. The second-order valence-corrected chi connectivity index (χ2v) is 7.46. The maximum absolute atomic E-state index is 12.0. The molecule has 2 unspecified atom stereocenters. The van der Waals surface area contributed by atoms with E-state index in [1.54, 1.807) is 0 Å². The van der Waals surface area contributed by atoms with Crippen LogP contribution in [0.1, 0.15) is 59.3 Å². The highest BCUT2D eigenvalue weighted by Crippen LogP contribution is 2.34. The summed E-state index contributed by atoms with van der Waals surface area (Å²) in [5.41, 5.74) is -0.558. The first-order chi connectivity index (χ1) is 9.01. The molecule has 0 heterocycles. The van der Waals surface area contributed by atoms with Gasteiger partial charge in [0.1, 0.15) is 5.54 Å². The fourth-order valence-corrected chi connectivity index (χ4v) is 4.42. The lowest BCUT2D eigenvalue weighted by atomic mass is 9.96. The Balaban J connectivity index is 2.46. The van der Waals surface area contributed by atoms with E-state index >= 15 is 0 Å². The highest BCUT2D eigenvalue weighted by Gasteiger charge is 2.35. The van der Waals surface area contributed by atoms with Crippen LogP contribution in [0.25, 0.3) is 0 Å². The number of hydrogen-bond acceptors (Lipinski definition) is 4. The Kier molecular flexibility index (Phi) is 7.22. The minimum Gasteiger partial charge on any atom is -0.465 e. The number of carbonyl (C=O) groups is 1. The van der Waals surface area contributed by atoms with Gasteiger partial charge in [0.15, 0.2) is 0 Å². The quantitative estimate of drug-likeness (QED) is 0.729. The molecule has 4 heteroatoms. The monoisotopic (exact) mass is 287 g/mol. The lowest BCUT2D eigenvalue weighted by Crippen LogP contribution is -2.50. The van der Waals surface area contributed by atoms with Gasteiger partial charge in [0.2, 0.25) is 0 Å². The maximum atomic E-state index is 12.0. The smallest absolute Gasteiger partial charge is 0.326 e. The number of thioether (sulfide) groups is 1. The Morgan fingerprint density at radius 1 is 1.42 bits per heavy atom. The summed E-state index contributed by atoms with van der Waals surface area (Å²) in [6.45, 7) is 6.48. The van der Waals surface area contributed by atoms with Crippen molar-refractivity contribution in [2.45, 2.75) is 75.3 Å². The van der Waals surface area contributed by atoms with Gasteiger partial charge in [0.05, 0.1) is 6.61 Å². The van der Waals surface area contributed by atoms with Gasteiger partial charge in [-0.15, -0.1) is 0 Å². The van der Waals surface area contributed by atoms with Crippen molar-refractivity contribution in [3.63, 3.8) is 0 Å². The molecule has 0 aliphatic heterocycles. The van der Waals surface area contributed by atoms with Gasteiger partial charge in [-0.25, -0.2) is 0 Å². The number of nitrogens with one attached hydrogen (secondary N) is 1. The van der Waals surface area contributed by atoms with Gasteiger partial charge in [-0.1, -0.05) is 26.2 Å². The van der Waals surface area contributed by atoms with E-state index < -0.39 is 5.54 Å². The lowest BCUT2D eigenvalue weighted by Gasteiger charge is -2.31. The molecule has 1 N–H and O–H groups in total. The van der Waals surface area contributed by atoms with Crippen LogP contribution >= 0.6 is 11.8 Å². The predicted molar refractivity (Wildman–Crippen MR) is 82.6 cm³/mol. The summed E-state index contributed by atoms with van der Waals surface area (Å²) in [4.78, 5) is 12.0. The van der Waals surface area contributed by atoms with Gasteiger partial charge in [0.25, 0.3) is 0 Å². The molecule has 0 saturated heterocycles. The van der Waals surface area contributed by atoms with Crippen LogP contribution in [0.4, 0.5) is 0 Å². The van der Waals surface area contributed by atoms with E-state index in [4.69, 9.17) is 4.74 Å². The first-order valence-electron chi connectivity index (χ1n) is 7.53. The van der Waals surface area contributed by atoms with Crippen molar-refractivity contribution >= 4 is 17.7 Å². The molecule has 1 rings (SSSR count). The van der Waals surface area contributed by atoms with Crippen LogP contribution in [0.5, 0.6) is 0 Å². The van der Waals surface area contributed by atoms with Crippen LogP contribution in [-0.4, -0.2) is 35.7 Å². The summed E-state index contributed by atoms with van der Waals surface area (Å²) < 4.78 is 5.18. The molecule has 1 aliphatic rings. The molecular formula is C15H29NO2S. The Morgan fingerprint density at radius 3 is 2.58 bits per heavy atom. The molecule has 0 aromatic heterocycles. The summed E-state index contributed by atoms with van der Waals surface area (Å²) in [5, 5.41) is 4.40. The van der Waals surface area contributed by atoms with Crippen molar-refractivity contribution in [3.8, 4) is 0 Å². The number of likely N-dealkylation sites (N-methyl/N-ethyl adjacent to an activating group) is 1. The standard InChI is InChI=1S/C15H29NO2S/c1-5-18-14(17)15(3,16-4)11-12(2)19-13-9-7-6-8-10-13/h12-13,16H,5-11H2,1-4H3. The maximum Gasteiger partial charge on any atom is 0.326 e. The van der Waals surface area contributed by atoms with Crippen LogP contribution in [0.15, 0.2) is 0 Å². The van der Waals surface area contributed by atoms with Crippen LogP contribution in [-0.2, 0) is 9.53 Å². The zero-order valence-electron chi connectivity index (χ0n) is 12.8. The van der Waals surface area contributed by atoms with Crippen LogP contribution < -0.4 is 5.32 Å². The molecule has 3 nitrogen and oxygen atoms in total. The first-order valence-corrected chi connectivity index (χ1v) is 8.47. The number of hydrogen-bond donors (Lipinski definition) is 1. The Hall–Kier alpha value is -0.220. The molecule has 0 aromatic rings. The van der Waals surface area contributed by atoms with Gasteiger partial charge in [0, 0.05) is 10.5 Å². The number of carbonyl (C=O) groups excluding carboxylic acids is 1. The Bertz CT molecular complexity index is 279. The second kappa shape index (κ2) is 8.15. The van der Waals surface area contributed by atoms with Crippen molar-refractivity contribution in [1.82, 2.24) is 5.32 Å². The topological polar surface area (TPSA) is 38.3 Å². The molecule has 1 fully saturated rings. The minimum atomic E-state index is -0.558. The van der Waals surface area contributed by atoms with E-state index in [0.717, 1.165) is 11.7 Å². The molecule has 1 saturated carbocycles. The number of esters is 1. The molecule has 2 atom stereocenters. The molecule has 0 bridgehead atoms. The van der Waals surface area contributed by atoms with E-state index in [0.29, 0.717) is 11.9 Å². The molecule has 112 valence electrons. The first kappa shape index (κ1) is 16.8. The third-order valence-corrected chi connectivity index (χ3v) is 5.44. The van der Waals surface area contributed by atoms with Crippen molar-refractivity contribution in [2.24, 2.45) is 0 Å². The minimum absolute atomic E-state index is 0.131. The molecule has 0 spiro atoms. The highest BCUT2D eigenvalue weighted by molar-refractivity contribution is 8.00. The summed E-state index contributed by atoms with van der Waals surface area (Å²) in [7, 11) is 1.84. The normalized spacial score (nSPS) is 21.7. The summed E-state index contributed by atoms with van der Waals surface area (Å²) in [5.74, 6) is -0.131. The molecule has 0 aromatic carbocycles. The molecule has 0 radical (unpaired) electrons. The summed E-state index contributed by atoms with van der Waals surface area (Å²) in [6.07, 6.45) is 7.62. The van der Waals surface area contributed by atoms with E-state index in [1.807, 2.05) is 20.9 Å². The summed E-state index contributed by atoms with van der Waals surface area (Å²) >= 11 is 2.05. The predicted octanol–water partition coefficient (Wildman–Crippen LogP) is 3.37. The van der Waals surface area contributed by atoms with E-state index in [1.165, 1.54) is 32.1 Å². The van der Waals surface area contributed by atoms with Crippen molar-refractivity contribution in [2.75, 3.05) is 13.7 Å². The number of rotatable bonds is 7. The average Bonchev–Trinajstić information content (AvgIpc) is 2.39. The molecule has 1 aliphatic carbocycles. The van der Waals surface area contributed by atoms with Crippen LogP contribution in [0, 0.1) is 0 Å². The summed E-state index contributed by atoms with van der Waals surface area (Å²) in [6, 6.07) is 0. The van der Waals surface area contributed by atoms with Gasteiger partial charge < -0.3 is 10.1 Å². The molecular weight excluding hydrogens is 258 g/mol. The highest BCUT2D eigenvalue weighted by atomic mass is 32.2. The van der Waals surface area contributed by atoms with E-state index in [9.17, 15) is 4.79 Å². The Labute approximate surface area is 122 Å². The van der Waals surface area contributed by atoms with Crippen molar-refractivity contribution in [3.05, 3.63) is 0 Å². The van der Waals surface area contributed by atoms with Crippen molar-refractivity contribution in [1.29, 1.82) is 0 Å². The zero-order valence-corrected chi connectivity index (χ0v) is 13.6. The van der Waals surface area contributed by atoms with Gasteiger partial charge in [-0.05, 0) is 40.2 Å². The number of ether oxygens (including phenoxy) is 1. The third kappa shape index (κ3) is 5.35. The largest absolute Gasteiger partial charge is 0.465 e. The molecule has 19 heavy (non-hydrogen) atoms. The van der Waals surface area contributed by atoms with Gasteiger partial charge in [-0.3, -0.25) is 4.79 Å². The average molecular weight is 287 g/mol. The van der Waals surface area contributed by atoms with Crippen molar-refractivity contribution < 1.29 is 9.53 Å². The van der Waals surface area contributed by atoms with E-state index in [2.05, 4.69) is 24.0 Å². The Morgan fingerprint density at radius 2 is 2.05 bits per heavy atom. The fraction of sp³-hybridized carbons (Fsp3) is 0.933. The van der Waals surface area contributed by atoms with Gasteiger partial charge >= 0.3 is 5.97 Å². The van der Waals surface area contributed by atoms with Crippen LogP contribution in [0.2, 0.25) is 0 Å². The zero-order chi connectivity index (χ0) is 14.3. The fourth-order valence-electron chi connectivity index (χ4n) is 2.73. The van der Waals surface area contributed by atoms with Gasteiger partial charge in [-0.2, -0.15) is 11.8 Å². The third-order valence-electron chi connectivity index (χ3n) is 3.95. The van der Waals surface area contributed by atoms with E-state index in [-0.39, 0.29) is 5.97 Å². The van der Waals surface area contributed by atoms with Crippen LogP contribution in [0.3, 0.4) is 0 Å². The second-order valence-electron chi connectivity index (χ2n) is 5.71.